The van der Waals surface area contributed by atoms with Gasteiger partial charge in [0.1, 0.15) is 6.07 Å². The van der Waals surface area contributed by atoms with Gasteiger partial charge in [-0.05, 0) is 24.3 Å². The second-order valence-corrected chi connectivity index (χ2v) is 3.99. The third-order valence-corrected chi connectivity index (χ3v) is 2.68. The van der Waals surface area contributed by atoms with Gasteiger partial charge in [-0.15, -0.1) is 0 Å². The van der Waals surface area contributed by atoms with Gasteiger partial charge in [0.25, 0.3) is 0 Å². The van der Waals surface area contributed by atoms with Crippen molar-refractivity contribution in [2.45, 2.75) is 6.18 Å². The third kappa shape index (κ3) is 2.34. The van der Waals surface area contributed by atoms with Crippen LogP contribution in [0, 0.1) is 11.3 Å². The van der Waals surface area contributed by atoms with Crippen LogP contribution in [0.25, 0.3) is 5.69 Å². The number of aromatic nitrogens is 1. The fraction of sp³-hybridized carbons (Fsp3) is 0.0833. The van der Waals surface area contributed by atoms with Gasteiger partial charge in [-0.1, -0.05) is 11.6 Å². The average Bonchev–Trinajstić information content (AvgIpc) is 2.76. The van der Waals surface area contributed by atoms with Crippen LogP contribution in [0.2, 0.25) is 5.02 Å². The van der Waals surface area contributed by atoms with E-state index in [1.807, 2.05) is 6.07 Å². The topological polar surface area (TPSA) is 28.7 Å². The molecule has 0 saturated carbocycles. The molecule has 2 aromatic rings. The molecule has 0 atom stereocenters. The van der Waals surface area contributed by atoms with Crippen molar-refractivity contribution in [1.29, 1.82) is 5.26 Å². The molecule has 1 heterocycles. The van der Waals surface area contributed by atoms with Gasteiger partial charge >= 0.3 is 6.18 Å². The summed E-state index contributed by atoms with van der Waals surface area (Å²) in [5.41, 5.74) is 0.000967. The minimum absolute atomic E-state index is 0.0232. The van der Waals surface area contributed by atoms with Crippen LogP contribution in [0.3, 0.4) is 0 Å². The normalized spacial score (nSPS) is 11.3. The second kappa shape index (κ2) is 4.39. The predicted molar refractivity (Wildman–Crippen MR) is 60.5 cm³/mol. The molecule has 0 unspecified atom stereocenters. The Bertz CT molecular complexity index is 623. The first-order valence-electron chi connectivity index (χ1n) is 4.87. The second-order valence-electron chi connectivity index (χ2n) is 3.58. The van der Waals surface area contributed by atoms with Crippen molar-refractivity contribution in [3.8, 4) is 11.8 Å². The molecule has 92 valence electrons. The Morgan fingerprint density at radius 2 is 1.94 bits per heavy atom. The Hall–Kier alpha value is -1.93. The first-order chi connectivity index (χ1) is 8.41. The van der Waals surface area contributed by atoms with Crippen LogP contribution >= 0.6 is 11.6 Å². The van der Waals surface area contributed by atoms with Gasteiger partial charge in [0.15, 0.2) is 0 Å². The summed E-state index contributed by atoms with van der Waals surface area (Å²) in [6, 6.07) is 6.56. The zero-order chi connectivity index (χ0) is 13.3. The number of benzene rings is 1. The monoisotopic (exact) mass is 270 g/mol. The van der Waals surface area contributed by atoms with E-state index in [2.05, 4.69) is 0 Å². The average molecular weight is 271 g/mol. The predicted octanol–water partition coefficient (Wildman–Crippen LogP) is 4.02. The van der Waals surface area contributed by atoms with Crippen molar-refractivity contribution in [1.82, 2.24) is 4.57 Å². The SMILES string of the molecule is N#Cc1ccn(-c2ccc(C(F)(F)F)cc2Cl)c1. The van der Waals surface area contributed by atoms with Crippen LogP contribution in [0.4, 0.5) is 13.2 Å². The van der Waals surface area contributed by atoms with E-state index in [-0.39, 0.29) is 5.02 Å². The largest absolute Gasteiger partial charge is 0.416 e. The number of nitrogens with zero attached hydrogens (tertiary/aromatic N) is 2. The molecule has 1 aromatic carbocycles. The van der Waals surface area contributed by atoms with E-state index in [0.29, 0.717) is 11.3 Å². The molecule has 2 rings (SSSR count). The number of hydrogen-bond acceptors (Lipinski definition) is 1. The zero-order valence-corrected chi connectivity index (χ0v) is 9.63. The summed E-state index contributed by atoms with van der Waals surface area (Å²) in [4.78, 5) is 0. The van der Waals surface area contributed by atoms with Crippen molar-refractivity contribution in [2.75, 3.05) is 0 Å². The lowest BCUT2D eigenvalue weighted by Gasteiger charge is -2.10. The lowest BCUT2D eigenvalue weighted by Crippen LogP contribution is -2.05. The minimum Gasteiger partial charge on any atom is -0.321 e. The van der Waals surface area contributed by atoms with Gasteiger partial charge in [0.2, 0.25) is 0 Å². The highest BCUT2D eigenvalue weighted by Crippen LogP contribution is 2.33. The first-order valence-corrected chi connectivity index (χ1v) is 5.25. The summed E-state index contributed by atoms with van der Waals surface area (Å²) >= 11 is 5.82. The maximum absolute atomic E-state index is 12.5. The minimum atomic E-state index is -4.42. The fourth-order valence-electron chi connectivity index (χ4n) is 1.51. The molecule has 1 aromatic heterocycles. The molecule has 0 aliphatic rings. The number of alkyl halides is 3. The Morgan fingerprint density at radius 3 is 2.44 bits per heavy atom. The molecule has 0 bridgehead atoms. The molecule has 18 heavy (non-hydrogen) atoms. The van der Waals surface area contributed by atoms with Crippen molar-refractivity contribution in [3.63, 3.8) is 0 Å². The maximum Gasteiger partial charge on any atom is 0.416 e. The summed E-state index contributed by atoms with van der Waals surface area (Å²) in [6.07, 6.45) is -1.36. The van der Waals surface area contributed by atoms with Gasteiger partial charge in [0.05, 0.1) is 21.8 Å². The highest BCUT2D eigenvalue weighted by molar-refractivity contribution is 6.32. The molecule has 0 radical (unpaired) electrons. The Labute approximate surface area is 106 Å². The van der Waals surface area contributed by atoms with E-state index in [1.54, 1.807) is 12.3 Å². The molecule has 0 spiro atoms. The van der Waals surface area contributed by atoms with E-state index in [0.717, 1.165) is 12.1 Å². The quantitative estimate of drug-likeness (QED) is 0.769. The van der Waals surface area contributed by atoms with Crippen LogP contribution in [0.15, 0.2) is 36.7 Å². The van der Waals surface area contributed by atoms with E-state index in [4.69, 9.17) is 16.9 Å². The van der Waals surface area contributed by atoms with Crippen LogP contribution in [-0.2, 0) is 6.18 Å². The summed E-state index contributed by atoms with van der Waals surface area (Å²) in [5.74, 6) is 0. The molecular formula is C12H6ClF3N2. The smallest absolute Gasteiger partial charge is 0.321 e. The van der Waals surface area contributed by atoms with Gasteiger partial charge in [-0.3, -0.25) is 0 Å². The highest BCUT2D eigenvalue weighted by Gasteiger charge is 2.30. The Balaban J connectivity index is 2.45. The molecule has 0 N–H and O–H groups in total. The molecule has 0 aliphatic heterocycles. The maximum atomic E-state index is 12.5. The van der Waals surface area contributed by atoms with Crippen LogP contribution in [0.1, 0.15) is 11.1 Å². The lowest BCUT2D eigenvalue weighted by molar-refractivity contribution is -0.137. The van der Waals surface area contributed by atoms with Gasteiger partial charge in [-0.2, -0.15) is 18.4 Å². The molecule has 6 heteroatoms. The van der Waals surface area contributed by atoms with Crippen molar-refractivity contribution >= 4 is 11.6 Å². The molecule has 0 saturated heterocycles. The zero-order valence-electron chi connectivity index (χ0n) is 8.87. The fourth-order valence-corrected chi connectivity index (χ4v) is 1.78. The number of halogens is 4. The van der Waals surface area contributed by atoms with Crippen molar-refractivity contribution in [3.05, 3.63) is 52.8 Å². The van der Waals surface area contributed by atoms with E-state index >= 15 is 0 Å². The molecular weight excluding hydrogens is 265 g/mol. The van der Waals surface area contributed by atoms with E-state index in [1.165, 1.54) is 16.8 Å². The highest BCUT2D eigenvalue weighted by atomic mass is 35.5. The summed E-state index contributed by atoms with van der Waals surface area (Å²) in [7, 11) is 0. The van der Waals surface area contributed by atoms with E-state index < -0.39 is 11.7 Å². The van der Waals surface area contributed by atoms with Gasteiger partial charge in [-0.25, -0.2) is 0 Å². The number of hydrogen-bond donors (Lipinski definition) is 0. The molecule has 2 nitrogen and oxygen atoms in total. The van der Waals surface area contributed by atoms with Crippen LogP contribution < -0.4 is 0 Å². The first kappa shape index (κ1) is 12.5. The Kier molecular flexibility index (Phi) is 3.05. The number of nitriles is 1. The van der Waals surface area contributed by atoms with Crippen LogP contribution in [-0.4, -0.2) is 4.57 Å². The van der Waals surface area contributed by atoms with Crippen LogP contribution in [0.5, 0.6) is 0 Å². The summed E-state index contributed by atoms with van der Waals surface area (Å²) < 4.78 is 38.9. The number of rotatable bonds is 1. The molecule has 0 amide bonds. The Morgan fingerprint density at radius 1 is 1.22 bits per heavy atom. The molecule has 0 fully saturated rings. The van der Waals surface area contributed by atoms with Gasteiger partial charge < -0.3 is 4.57 Å². The van der Waals surface area contributed by atoms with E-state index in [9.17, 15) is 13.2 Å². The standard InChI is InChI=1S/C12H6ClF3N2/c13-10-5-9(12(14,15)16)1-2-11(10)18-4-3-8(6-17)7-18/h1-5,7H. The summed E-state index contributed by atoms with van der Waals surface area (Å²) in [6.45, 7) is 0. The summed E-state index contributed by atoms with van der Waals surface area (Å²) in [5, 5.41) is 8.65. The third-order valence-electron chi connectivity index (χ3n) is 2.38. The van der Waals surface area contributed by atoms with Crippen molar-refractivity contribution in [2.24, 2.45) is 0 Å². The van der Waals surface area contributed by atoms with Gasteiger partial charge in [0, 0.05) is 12.4 Å². The van der Waals surface area contributed by atoms with Crippen molar-refractivity contribution < 1.29 is 13.2 Å². The molecule has 0 aliphatic carbocycles. The lowest BCUT2D eigenvalue weighted by atomic mass is 10.2.